The zero-order valence-electron chi connectivity index (χ0n) is 12.5. The first kappa shape index (κ1) is 17.9. The van der Waals surface area contributed by atoms with Crippen LogP contribution in [0.3, 0.4) is 0 Å². The standard InChI is InChI=1S/C16H18ClN3OS.ClH/c17-15-7-6-11(22-15)9-19-16(21)10-20-8-2-3-12-13(18)4-1-5-14(12)20;/h1,4-7H,2-3,8-10,18H2,(H,19,21);1H. The van der Waals surface area contributed by atoms with Gasteiger partial charge in [-0.3, -0.25) is 4.79 Å². The van der Waals surface area contributed by atoms with Crippen LogP contribution in [-0.4, -0.2) is 19.0 Å². The molecule has 2 heterocycles. The maximum Gasteiger partial charge on any atom is 0.239 e. The predicted octanol–water partition coefficient (Wildman–Crippen LogP) is 3.47. The topological polar surface area (TPSA) is 58.4 Å². The summed E-state index contributed by atoms with van der Waals surface area (Å²) in [6.07, 6.45) is 2.00. The van der Waals surface area contributed by atoms with Crippen LogP contribution in [0.25, 0.3) is 0 Å². The van der Waals surface area contributed by atoms with Gasteiger partial charge >= 0.3 is 0 Å². The summed E-state index contributed by atoms with van der Waals surface area (Å²) in [6.45, 7) is 1.76. The lowest BCUT2D eigenvalue weighted by Crippen LogP contribution is -2.39. The number of anilines is 2. The third-order valence-electron chi connectivity index (χ3n) is 3.81. The van der Waals surface area contributed by atoms with E-state index in [0.29, 0.717) is 13.1 Å². The first-order valence-electron chi connectivity index (χ1n) is 7.27. The molecule has 0 bridgehead atoms. The molecule has 7 heteroatoms. The molecular weight excluding hydrogens is 353 g/mol. The molecule has 1 aliphatic heterocycles. The largest absolute Gasteiger partial charge is 0.398 e. The Hall–Kier alpha value is -1.43. The van der Waals surface area contributed by atoms with E-state index in [1.54, 1.807) is 0 Å². The molecule has 23 heavy (non-hydrogen) atoms. The molecule has 0 unspecified atom stereocenters. The lowest BCUT2D eigenvalue weighted by atomic mass is 10.00. The minimum atomic E-state index is 0. The molecule has 0 saturated carbocycles. The summed E-state index contributed by atoms with van der Waals surface area (Å²) in [6, 6.07) is 9.68. The van der Waals surface area contributed by atoms with Crippen LogP contribution >= 0.6 is 35.3 Å². The minimum absolute atomic E-state index is 0. The summed E-state index contributed by atoms with van der Waals surface area (Å²) in [5, 5.41) is 2.94. The van der Waals surface area contributed by atoms with E-state index in [1.807, 2.05) is 30.3 Å². The fourth-order valence-corrected chi connectivity index (χ4v) is 3.78. The number of hydrogen-bond acceptors (Lipinski definition) is 4. The Balaban J connectivity index is 0.00000192. The van der Waals surface area contributed by atoms with Crippen molar-refractivity contribution in [1.29, 1.82) is 0 Å². The fourth-order valence-electron chi connectivity index (χ4n) is 2.75. The molecule has 124 valence electrons. The number of nitrogens with zero attached hydrogens (tertiary/aromatic N) is 1. The summed E-state index contributed by atoms with van der Waals surface area (Å²) in [7, 11) is 0. The van der Waals surface area contributed by atoms with E-state index >= 15 is 0 Å². The van der Waals surface area contributed by atoms with Crippen molar-refractivity contribution >= 4 is 52.6 Å². The average Bonchev–Trinajstić information content (AvgIpc) is 2.92. The van der Waals surface area contributed by atoms with Crippen LogP contribution in [-0.2, 0) is 17.8 Å². The highest BCUT2D eigenvalue weighted by atomic mass is 35.5. The Morgan fingerprint density at radius 1 is 1.35 bits per heavy atom. The molecule has 1 aromatic heterocycles. The molecule has 3 rings (SSSR count). The maximum atomic E-state index is 12.2. The highest BCUT2D eigenvalue weighted by Crippen LogP contribution is 2.30. The molecule has 1 aromatic carbocycles. The van der Waals surface area contributed by atoms with Crippen LogP contribution in [0, 0.1) is 0 Å². The fraction of sp³-hybridized carbons (Fsp3) is 0.312. The van der Waals surface area contributed by atoms with Gasteiger partial charge in [-0.05, 0) is 42.7 Å². The van der Waals surface area contributed by atoms with Crippen LogP contribution < -0.4 is 16.0 Å². The van der Waals surface area contributed by atoms with Gasteiger partial charge in [-0.1, -0.05) is 17.7 Å². The molecule has 1 aliphatic rings. The first-order valence-corrected chi connectivity index (χ1v) is 8.46. The van der Waals surface area contributed by atoms with E-state index in [9.17, 15) is 4.79 Å². The average molecular weight is 372 g/mol. The third kappa shape index (κ3) is 4.31. The van der Waals surface area contributed by atoms with E-state index < -0.39 is 0 Å². The van der Waals surface area contributed by atoms with Crippen LogP contribution in [0.4, 0.5) is 11.4 Å². The summed E-state index contributed by atoms with van der Waals surface area (Å²) in [4.78, 5) is 15.3. The zero-order valence-corrected chi connectivity index (χ0v) is 14.9. The third-order valence-corrected chi connectivity index (χ3v) is 5.04. The van der Waals surface area contributed by atoms with Crippen LogP contribution in [0.15, 0.2) is 30.3 Å². The molecule has 1 amide bonds. The molecule has 0 atom stereocenters. The molecule has 4 nitrogen and oxygen atoms in total. The number of hydrogen-bond donors (Lipinski definition) is 2. The Morgan fingerprint density at radius 2 is 2.17 bits per heavy atom. The zero-order chi connectivity index (χ0) is 15.5. The van der Waals surface area contributed by atoms with Crippen LogP contribution in [0.5, 0.6) is 0 Å². The van der Waals surface area contributed by atoms with Gasteiger partial charge in [-0.25, -0.2) is 0 Å². The molecular formula is C16H19Cl2N3OS. The number of carbonyl (C=O) groups is 1. The van der Waals surface area contributed by atoms with Crippen molar-refractivity contribution in [3.63, 3.8) is 0 Å². The smallest absolute Gasteiger partial charge is 0.239 e. The number of carbonyl (C=O) groups excluding carboxylic acids is 1. The summed E-state index contributed by atoms with van der Waals surface area (Å²) >= 11 is 7.38. The van der Waals surface area contributed by atoms with Crippen LogP contribution in [0.1, 0.15) is 16.9 Å². The van der Waals surface area contributed by atoms with Gasteiger partial charge in [0.1, 0.15) is 0 Å². The van der Waals surface area contributed by atoms with Gasteiger partial charge in [0, 0.05) is 22.8 Å². The lowest BCUT2D eigenvalue weighted by Gasteiger charge is -2.31. The molecule has 0 spiro atoms. The summed E-state index contributed by atoms with van der Waals surface area (Å²) in [5.74, 6) is 0.0137. The second-order valence-electron chi connectivity index (χ2n) is 5.35. The van der Waals surface area contributed by atoms with Crippen molar-refractivity contribution in [2.45, 2.75) is 19.4 Å². The van der Waals surface area contributed by atoms with Gasteiger partial charge in [-0.15, -0.1) is 23.7 Å². The number of fused-ring (bicyclic) bond motifs is 1. The summed E-state index contributed by atoms with van der Waals surface area (Å²) < 4.78 is 0.740. The van der Waals surface area contributed by atoms with Crippen molar-refractivity contribution in [3.8, 4) is 0 Å². The van der Waals surface area contributed by atoms with Gasteiger partial charge in [0.15, 0.2) is 0 Å². The van der Waals surface area contributed by atoms with E-state index in [1.165, 1.54) is 11.3 Å². The minimum Gasteiger partial charge on any atom is -0.398 e. The molecule has 2 aromatic rings. The van der Waals surface area contributed by atoms with Gasteiger partial charge in [0.25, 0.3) is 0 Å². The van der Waals surface area contributed by atoms with E-state index in [0.717, 1.165) is 45.5 Å². The molecule has 0 aliphatic carbocycles. The second kappa shape index (κ2) is 7.90. The van der Waals surface area contributed by atoms with Gasteiger partial charge in [0.05, 0.1) is 17.4 Å². The van der Waals surface area contributed by atoms with Crippen LogP contribution in [0.2, 0.25) is 4.34 Å². The van der Waals surface area contributed by atoms with Gasteiger partial charge in [-0.2, -0.15) is 0 Å². The Morgan fingerprint density at radius 3 is 2.91 bits per heavy atom. The number of nitrogen functional groups attached to an aromatic ring is 1. The predicted molar refractivity (Wildman–Crippen MR) is 99.8 cm³/mol. The molecule has 0 saturated heterocycles. The Labute approximate surface area is 151 Å². The van der Waals surface area contributed by atoms with Crippen molar-refractivity contribution in [2.75, 3.05) is 23.7 Å². The number of thiophene rings is 1. The van der Waals surface area contributed by atoms with Crippen molar-refractivity contribution < 1.29 is 4.79 Å². The number of amides is 1. The lowest BCUT2D eigenvalue weighted by molar-refractivity contribution is -0.119. The Kier molecular flexibility index (Phi) is 6.16. The van der Waals surface area contributed by atoms with E-state index in [4.69, 9.17) is 17.3 Å². The number of nitrogens with one attached hydrogen (secondary N) is 1. The van der Waals surface area contributed by atoms with Gasteiger partial charge < -0.3 is 16.0 Å². The monoisotopic (exact) mass is 371 g/mol. The SMILES string of the molecule is Cl.Nc1cccc2c1CCCN2CC(=O)NCc1ccc(Cl)s1. The van der Waals surface area contributed by atoms with Crippen molar-refractivity contribution in [1.82, 2.24) is 5.32 Å². The quantitative estimate of drug-likeness (QED) is 0.808. The van der Waals surface area contributed by atoms with E-state index in [2.05, 4.69) is 10.2 Å². The van der Waals surface area contributed by atoms with E-state index in [-0.39, 0.29) is 18.3 Å². The Bertz CT molecular complexity index is 690. The second-order valence-corrected chi connectivity index (χ2v) is 7.15. The highest BCUT2D eigenvalue weighted by molar-refractivity contribution is 7.16. The van der Waals surface area contributed by atoms with Crippen molar-refractivity contribution in [3.05, 3.63) is 45.1 Å². The summed E-state index contributed by atoms with van der Waals surface area (Å²) in [5.41, 5.74) is 9.09. The molecule has 0 radical (unpaired) electrons. The number of rotatable bonds is 4. The number of halogens is 2. The van der Waals surface area contributed by atoms with Crippen molar-refractivity contribution in [2.24, 2.45) is 0 Å². The maximum absolute atomic E-state index is 12.2. The highest BCUT2D eigenvalue weighted by Gasteiger charge is 2.20. The van der Waals surface area contributed by atoms with Gasteiger partial charge in [0.2, 0.25) is 5.91 Å². The first-order chi connectivity index (χ1) is 10.6. The number of nitrogens with two attached hydrogens (primary N) is 1. The molecule has 0 fully saturated rings. The molecule has 3 N–H and O–H groups in total. The normalized spacial score (nSPS) is 13.2. The number of benzene rings is 1.